The lowest BCUT2D eigenvalue weighted by atomic mass is 10.1. The Morgan fingerprint density at radius 2 is 1.80 bits per heavy atom. The van der Waals surface area contributed by atoms with Crippen molar-refractivity contribution < 1.29 is 5.11 Å². The van der Waals surface area contributed by atoms with Crippen molar-refractivity contribution in [3.63, 3.8) is 0 Å². The lowest BCUT2D eigenvalue weighted by Gasteiger charge is -2.27. The third kappa shape index (κ3) is 4.96. The van der Waals surface area contributed by atoms with Crippen LogP contribution in [0, 0.1) is 0 Å². The molecule has 0 saturated carbocycles. The van der Waals surface area contributed by atoms with E-state index in [1.54, 1.807) is 0 Å². The third-order valence-electron chi connectivity index (χ3n) is 2.31. The summed E-state index contributed by atoms with van der Waals surface area (Å²) in [6.45, 7) is 8.38. The van der Waals surface area contributed by atoms with E-state index >= 15 is 0 Å². The minimum Gasteiger partial charge on any atom is -0.389 e. The van der Waals surface area contributed by atoms with Gasteiger partial charge >= 0.3 is 0 Å². The van der Waals surface area contributed by atoms with Crippen LogP contribution in [0.1, 0.15) is 26.3 Å². The Morgan fingerprint density at radius 1 is 1.20 bits per heavy atom. The zero-order valence-corrected chi connectivity index (χ0v) is 9.90. The number of likely N-dealkylation sites (N-methyl/N-ethyl adjacent to an activating group) is 1. The molecular weight excluding hydrogens is 186 g/mol. The second kappa shape index (κ2) is 5.29. The summed E-state index contributed by atoms with van der Waals surface area (Å²) in [6.07, 6.45) is 0. The van der Waals surface area contributed by atoms with Crippen molar-refractivity contribution in [1.29, 1.82) is 0 Å². The van der Waals surface area contributed by atoms with Crippen molar-refractivity contribution >= 4 is 0 Å². The summed E-state index contributed by atoms with van der Waals surface area (Å²) in [5.74, 6) is 0. The number of hydrogen-bond acceptors (Lipinski definition) is 2. The van der Waals surface area contributed by atoms with Crippen molar-refractivity contribution in [2.75, 3.05) is 13.1 Å². The molecule has 1 N–H and O–H groups in total. The van der Waals surface area contributed by atoms with Crippen LogP contribution in [0.4, 0.5) is 0 Å². The van der Waals surface area contributed by atoms with Gasteiger partial charge in [0.05, 0.1) is 5.60 Å². The fourth-order valence-corrected chi connectivity index (χ4v) is 1.67. The smallest absolute Gasteiger partial charge is 0.0718 e. The van der Waals surface area contributed by atoms with E-state index in [9.17, 15) is 5.11 Å². The van der Waals surface area contributed by atoms with Gasteiger partial charge in [0, 0.05) is 13.1 Å². The molecule has 0 radical (unpaired) electrons. The minimum atomic E-state index is -0.620. The average Bonchev–Trinajstić information content (AvgIpc) is 2.16. The van der Waals surface area contributed by atoms with Gasteiger partial charge in [0.25, 0.3) is 0 Å². The Balaban J connectivity index is 2.55. The molecule has 0 saturated heterocycles. The van der Waals surface area contributed by atoms with Gasteiger partial charge in [-0.05, 0) is 26.0 Å². The van der Waals surface area contributed by atoms with Crippen LogP contribution < -0.4 is 0 Å². The predicted octanol–water partition coefficient (Wildman–Crippen LogP) is 2.28. The molecule has 0 bridgehead atoms. The van der Waals surface area contributed by atoms with Crippen LogP contribution >= 0.6 is 0 Å². The lowest BCUT2D eigenvalue weighted by molar-refractivity contribution is 0.0353. The zero-order valence-electron chi connectivity index (χ0n) is 9.90. The molecule has 0 unspecified atom stereocenters. The molecular formula is C13H21NO. The first-order valence-corrected chi connectivity index (χ1v) is 5.50. The fourth-order valence-electron chi connectivity index (χ4n) is 1.67. The van der Waals surface area contributed by atoms with Crippen molar-refractivity contribution in [2.24, 2.45) is 0 Å². The van der Waals surface area contributed by atoms with Crippen LogP contribution in [-0.4, -0.2) is 28.7 Å². The minimum absolute atomic E-state index is 0.620. The highest BCUT2D eigenvalue weighted by Gasteiger charge is 2.16. The predicted molar refractivity (Wildman–Crippen MR) is 63.7 cm³/mol. The molecule has 0 aromatic heterocycles. The summed E-state index contributed by atoms with van der Waals surface area (Å²) >= 11 is 0. The molecule has 1 rings (SSSR count). The molecule has 0 aliphatic heterocycles. The third-order valence-corrected chi connectivity index (χ3v) is 2.31. The molecule has 2 heteroatoms. The maximum absolute atomic E-state index is 9.76. The molecule has 0 spiro atoms. The summed E-state index contributed by atoms with van der Waals surface area (Å²) in [6, 6.07) is 10.4. The molecule has 84 valence electrons. The molecule has 0 aliphatic carbocycles. The Bertz CT molecular complexity index is 276. The van der Waals surface area contributed by atoms with Gasteiger partial charge in [0.1, 0.15) is 0 Å². The van der Waals surface area contributed by atoms with Gasteiger partial charge in [-0.3, -0.25) is 4.90 Å². The van der Waals surface area contributed by atoms with E-state index in [-0.39, 0.29) is 0 Å². The Morgan fingerprint density at radius 3 is 2.27 bits per heavy atom. The molecule has 0 amide bonds. The van der Waals surface area contributed by atoms with Crippen LogP contribution in [0.2, 0.25) is 0 Å². The van der Waals surface area contributed by atoms with Gasteiger partial charge in [-0.1, -0.05) is 37.3 Å². The highest BCUT2D eigenvalue weighted by Crippen LogP contribution is 2.09. The number of aliphatic hydroxyl groups is 1. The van der Waals surface area contributed by atoms with Gasteiger partial charge < -0.3 is 5.11 Å². The first-order chi connectivity index (χ1) is 7.01. The Kier molecular flexibility index (Phi) is 4.30. The van der Waals surface area contributed by atoms with Gasteiger partial charge in [-0.2, -0.15) is 0 Å². The monoisotopic (exact) mass is 207 g/mol. The van der Waals surface area contributed by atoms with Gasteiger partial charge in [-0.15, -0.1) is 0 Å². The lowest BCUT2D eigenvalue weighted by Crippen LogP contribution is -2.38. The summed E-state index contributed by atoms with van der Waals surface area (Å²) < 4.78 is 0. The second-order valence-corrected chi connectivity index (χ2v) is 4.60. The summed E-state index contributed by atoms with van der Waals surface area (Å²) in [4.78, 5) is 2.25. The van der Waals surface area contributed by atoms with Gasteiger partial charge in [0.2, 0.25) is 0 Å². The average molecular weight is 207 g/mol. The Labute approximate surface area is 92.5 Å². The molecule has 1 aromatic rings. The van der Waals surface area contributed by atoms with Crippen molar-refractivity contribution in [3.8, 4) is 0 Å². The number of hydrogen-bond donors (Lipinski definition) is 1. The first-order valence-electron chi connectivity index (χ1n) is 5.50. The van der Waals surface area contributed by atoms with E-state index in [2.05, 4.69) is 24.0 Å². The van der Waals surface area contributed by atoms with Gasteiger partial charge in [0.15, 0.2) is 0 Å². The van der Waals surface area contributed by atoms with E-state index in [1.807, 2.05) is 32.0 Å². The van der Waals surface area contributed by atoms with Crippen molar-refractivity contribution in [3.05, 3.63) is 35.9 Å². The molecule has 0 atom stereocenters. The summed E-state index contributed by atoms with van der Waals surface area (Å²) in [7, 11) is 0. The van der Waals surface area contributed by atoms with E-state index in [0.29, 0.717) is 6.54 Å². The second-order valence-electron chi connectivity index (χ2n) is 4.60. The van der Waals surface area contributed by atoms with E-state index < -0.39 is 5.60 Å². The Hall–Kier alpha value is -0.860. The maximum Gasteiger partial charge on any atom is 0.0718 e. The molecule has 0 fully saturated rings. The van der Waals surface area contributed by atoms with Crippen LogP contribution in [0.5, 0.6) is 0 Å². The van der Waals surface area contributed by atoms with Gasteiger partial charge in [-0.25, -0.2) is 0 Å². The van der Waals surface area contributed by atoms with Crippen LogP contribution in [0.25, 0.3) is 0 Å². The van der Waals surface area contributed by atoms with Crippen LogP contribution in [0.3, 0.4) is 0 Å². The molecule has 0 aliphatic rings. The standard InChI is InChI=1S/C13H21NO/c1-4-14(11-13(2,3)15)10-12-8-6-5-7-9-12/h5-9,15H,4,10-11H2,1-3H3. The topological polar surface area (TPSA) is 23.5 Å². The largest absolute Gasteiger partial charge is 0.389 e. The quantitative estimate of drug-likeness (QED) is 0.800. The molecule has 2 nitrogen and oxygen atoms in total. The van der Waals surface area contributed by atoms with Crippen LogP contribution in [-0.2, 0) is 6.54 Å². The molecule has 0 heterocycles. The fraction of sp³-hybridized carbons (Fsp3) is 0.538. The van der Waals surface area contributed by atoms with Crippen LogP contribution in [0.15, 0.2) is 30.3 Å². The van der Waals surface area contributed by atoms with Crippen molar-refractivity contribution in [1.82, 2.24) is 4.90 Å². The number of rotatable bonds is 5. The number of nitrogens with zero attached hydrogens (tertiary/aromatic N) is 1. The normalized spacial score (nSPS) is 12.1. The zero-order chi connectivity index (χ0) is 11.3. The van der Waals surface area contributed by atoms with E-state index in [4.69, 9.17) is 0 Å². The summed E-state index contributed by atoms with van der Waals surface area (Å²) in [5.41, 5.74) is 0.675. The SMILES string of the molecule is CCN(Cc1ccccc1)CC(C)(C)O. The molecule has 15 heavy (non-hydrogen) atoms. The highest BCUT2D eigenvalue weighted by atomic mass is 16.3. The van der Waals surface area contributed by atoms with E-state index in [1.165, 1.54) is 5.56 Å². The highest BCUT2D eigenvalue weighted by molar-refractivity contribution is 5.14. The van der Waals surface area contributed by atoms with Crippen molar-refractivity contribution in [2.45, 2.75) is 32.9 Å². The summed E-state index contributed by atoms with van der Waals surface area (Å²) in [5, 5.41) is 9.76. The maximum atomic E-state index is 9.76. The number of benzene rings is 1. The van der Waals surface area contributed by atoms with E-state index in [0.717, 1.165) is 13.1 Å². The molecule has 1 aromatic carbocycles. The first kappa shape index (κ1) is 12.2.